The third kappa shape index (κ3) is 5.38. The first-order valence-electron chi connectivity index (χ1n) is 12.5. The molecule has 2 aliphatic rings. The van der Waals surface area contributed by atoms with Gasteiger partial charge in [-0.2, -0.15) is 4.31 Å². The van der Waals surface area contributed by atoms with Crippen molar-refractivity contribution in [2.24, 2.45) is 0 Å². The Bertz CT molecular complexity index is 1310. The van der Waals surface area contributed by atoms with E-state index in [9.17, 15) is 22.8 Å². The maximum atomic E-state index is 13.4. The summed E-state index contributed by atoms with van der Waals surface area (Å²) in [4.78, 5) is 40.1. The molecule has 4 rings (SSSR count). The van der Waals surface area contributed by atoms with Crippen LogP contribution in [-0.4, -0.2) is 74.4 Å². The topological polar surface area (TPSA) is 134 Å². The van der Waals surface area contributed by atoms with Crippen LogP contribution >= 0.6 is 0 Å². The van der Waals surface area contributed by atoms with E-state index in [1.165, 1.54) is 22.5 Å². The molecule has 2 saturated heterocycles. The Morgan fingerprint density at radius 1 is 1.13 bits per heavy atom. The predicted octanol–water partition coefficient (Wildman–Crippen LogP) is 2.29. The number of ether oxygens (including phenoxy) is 2. The molecule has 0 spiro atoms. The summed E-state index contributed by atoms with van der Waals surface area (Å²) >= 11 is 0. The van der Waals surface area contributed by atoms with Crippen LogP contribution in [-0.2, 0) is 29.9 Å². The van der Waals surface area contributed by atoms with E-state index in [-0.39, 0.29) is 35.5 Å². The Hall–Kier alpha value is -3.48. The molecule has 0 unspecified atom stereocenters. The molecule has 0 saturated carbocycles. The van der Waals surface area contributed by atoms with Crippen LogP contribution in [0.25, 0.3) is 0 Å². The summed E-state index contributed by atoms with van der Waals surface area (Å²) in [6.45, 7) is 5.86. The van der Waals surface area contributed by atoms with Gasteiger partial charge in [0.25, 0.3) is 5.91 Å². The number of urea groups is 1. The van der Waals surface area contributed by atoms with Gasteiger partial charge in [-0.3, -0.25) is 14.5 Å². The third-order valence-corrected chi connectivity index (χ3v) is 8.36. The molecule has 12 heteroatoms. The SMILES string of the molecule is CC[C@]1(c2ccccc2)NC(=O)N(CC(=O)Nc2cc(S(=O)(=O)N3CCOCC3)ccc2OC(C)C)C1=O. The standard InChI is InChI=1S/C26H32N4O7S/c1-4-26(19-8-6-5-7-9-19)24(32)30(25(33)28-26)17-23(31)27-21-16-20(10-11-22(21)37-18(2)3)38(34,35)29-12-14-36-15-13-29/h5-11,16,18H,4,12-15,17H2,1-3H3,(H,27,31)(H,28,33)/t26-/m1/s1. The minimum absolute atomic E-state index is 0.0186. The van der Waals surface area contributed by atoms with Crippen LogP contribution in [0.15, 0.2) is 53.4 Å². The summed E-state index contributed by atoms with van der Waals surface area (Å²) in [7, 11) is -3.84. The lowest BCUT2D eigenvalue weighted by Gasteiger charge is -2.26. The first kappa shape index (κ1) is 27.6. The van der Waals surface area contributed by atoms with Gasteiger partial charge in [-0.15, -0.1) is 0 Å². The lowest BCUT2D eigenvalue weighted by molar-refractivity contribution is -0.134. The number of anilines is 1. The molecule has 0 aromatic heterocycles. The van der Waals surface area contributed by atoms with E-state index in [2.05, 4.69) is 10.6 Å². The van der Waals surface area contributed by atoms with Crippen LogP contribution in [0.1, 0.15) is 32.8 Å². The number of imide groups is 1. The van der Waals surface area contributed by atoms with E-state index in [4.69, 9.17) is 9.47 Å². The summed E-state index contributed by atoms with van der Waals surface area (Å²) in [5, 5.41) is 5.38. The number of amides is 4. The van der Waals surface area contributed by atoms with E-state index in [0.29, 0.717) is 25.2 Å². The van der Waals surface area contributed by atoms with Gasteiger partial charge >= 0.3 is 6.03 Å². The average molecular weight is 545 g/mol. The fourth-order valence-electron chi connectivity index (χ4n) is 4.53. The van der Waals surface area contributed by atoms with Gasteiger partial charge in [-0.25, -0.2) is 13.2 Å². The highest BCUT2D eigenvalue weighted by Gasteiger charge is 2.51. The number of carbonyl (C=O) groups excluding carboxylic acids is 3. The molecule has 1 atom stereocenters. The zero-order chi connectivity index (χ0) is 27.5. The number of hydrogen-bond acceptors (Lipinski definition) is 7. The number of sulfonamides is 1. The summed E-state index contributed by atoms with van der Waals surface area (Å²) in [5.74, 6) is -0.949. The maximum absolute atomic E-state index is 13.4. The van der Waals surface area contributed by atoms with Crippen LogP contribution in [0.5, 0.6) is 5.75 Å². The van der Waals surface area contributed by atoms with Gasteiger partial charge in [0.2, 0.25) is 15.9 Å². The lowest BCUT2D eigenvalue weighted by Crippen LogP contribution is -2.44. The van der Waals surface area contributed by atoms with Crippen LogP contribution in [0.2, 0.25) is 0 Å². The maximum Gasteiger partial charge on any atom is 0.325 e. The number of morpholine rings is 1. The fraction of sp³-hybridized carbons (Fsp3) is 0.423. The second kappa shape index (κ2) is 11.1. The number of rotatable bonds is 9. The van der Waals surface area contributed by atoms with Crippen molar-refractivity contribution in [1.29, 1.82) is 0 Å². The second-order valence-electron chi connectivity index (χ2n) is 9.34. The highest BCUT2D eigenvalue weighted by molar-refractivity contribution is 7.89. The molecule has 2 aromatic rings. The normalized spacial score (nSPS) is 20.5. The quantitative estimate of drug-likeness (QED) is 0.463. The van der Waals surface area contributed by atoms with E-state index in [1.807, 2.05) is 6.07 Å². The molecule has 11 nitrogen and oxygen atoms in total. The van der Waals surface area contributed by atoms with E-state index < -0.39 is 40.0 Å². The van der Waals surface area contributed by atoms with Crippen molar-refractivity contribution < 1.29 is 32.3 Å². The number of nitrogens with zero attached hydrogens (tertiary/aromatic N) is 2. The lowest BCUT2D eigenvalue weighted by atomic mass is 9.87. The monoisotopic (exact) mass is 544 g/mol. The third-order valence-electron chi connectivity index (χ3n) is 6.47. The summed E-state index contributed by atoms with van der Waals surface area (Å²) in [6, 6.07) is 12.4. The first-order chi connectivity index (χ1) is 18.1. The first-order valence-corrected chi connectivity index (χ1v) is 13.9. The molecule has 0 bridgehead atoms. The molecule has 2 heterocycles. The average Bonchev–Trinajstić information content (AvgIpc) is 3.15. The Kier molecular flexibility index (Phi) is 8.05. The Labute approximate surface area is 222 Å². The number of hydrogen-bond donors (Lipinski definition) is 2. The van der Waals surface area contributed by atoms with Gasteiger partial charge < -0.3 is 20.1 Å². The fourth-order valence-corrected chi connectivity index (χ4v) is 5.96. The molecule has 2 N–H and O–H groups in total. The predicted molar refractivity (Wildman–Crippen MR) is 139 cm³/mol. The largest absolute Gasteiger partial charge is 0.489 e. The molecule has 0 radical (unpaired) electrons. The Balaban J connectivity index is 1.57. The highest BCUT2D eigenvalue weighted by Crippen LogP contribution is 2.33. The van der Waals surface area contributed by atoms with Crippen molar-refractivity contribution in [3.8, 4) is 5.75 Å². The van der Waals surface area contributed by atoms with Crippen molar-refractivity contribution in [3.05, 3.63) is 54.1 Å². The molecule has 4 amide bonds. The number of carbonyl (C=O) groups is 3. The van der Waals surface area contributed by atoms with E-state index in [1.54, 1.807) is 45.0 Å². The number of benzene rings is 2. The molecule has 38 heavy (non-hydrogen) atoms. The van der Waals surface area contributed by atoms with Crippen LogP contribution < -0.4 is 15.4 Å². The molecular weight excluding hydrogens is 512 g/mol. The highest BCUT2D eigenvalue weighted by atomic mass is 32.2. The van der Waals surface area contributed by atoms with Crippen molar-refractivity contribution in [3.63, 3.8) is 0 Å². The van der Waals surface area contributed by atoms with Crippen molar-refractivity contribution in [2.45, 2.75) is 43.7 Å². The van der Waals surface area contributed by atoms with Gasteiger partial charge in [0, 0.05) is 13.1 Å². The second-order valence-corrected chi connectivity index (χ2v) is 11.3. The van der Waals surface area contributed by atoms with Gasteiger partial charge in [0.15, 0.2) is 0 Å². The van der Waals surface area contributed by atoms with E-state index >= 15 is 0 Å². The minimum atomic E-state index is -3.84. The van der Waals surface area contributed by atoms with E-state index in [0.717, 1.165) is 4.90 Å². The Morgan fingerprint density at radius 3 is 2.45 bits per heavy atom. The smallest absolute Gasteiger partial charge is 0.325 e. The molecule has 204 valence electrons. The molecule has 2 aromatic carbocycles. The summed E-state index contributed by atoms with van der Waals surface area (Å²) in [5.41, 5.74) is -0.524. The Morgan fingerprint density at radius 2 is 1.82 bits per heavy atom. The van der Waals surface area contributed by atoms with Crippen molar-refractivity contribution in [2.75, 3.05) is 38.2 Å². The zero-order valence-electron chi connectivity index (χ0n) is 21.6. The van der Waals surface area contributed by atoms with Gasteiger partial charge in [-0.1, -0.05) is 37.3 Å². The van der Waals surface area contributed by atoms with Crippen molar-refractivity contribution >= 4 is 33.6 Å². The number of nitrogens with one attached hydrogen (secondary N) is 2. The van der Waals surface area contributed by atoms with Crippen LogP contribution in [0, 0.1) is 0 Å². The van der Waals surface area contributed by atoms with Gasteiger partial charge in [0.1, 0.15) is 17.8 Å². The molecule has 0 aliphatic carbocycles. The van der Waals surface area contributed by atoms with Crippen LogP contribution in [0.3, 0.4) is 0 Å². The zero-order valence-corrected chi connectivity index (χ0v) is 22.4. The minimum Gasteiger partial charge on any atom is -0.489 e. The van der Waals surface area contributed by atoms with Crippen LogP contribution in [0.4, 0.5) is 10.5 Å². The summed E-state index contributed by atoms with van der Waals surface area (Å²) < 4.78 is 38.7. The van der Waals surface area contributed by atoms with Gasteiger partial charge in [0.05, 0.1) is 29.9 Å². The van der Waals surface area contributed by atoms with Gasteiger partial charge in [-0.05, 0) is 44.0 Å². The summed E-state index contributed by atoms with van der Waals surface area (Å²) in [6.07, 6.45) is 0.0439. The molecule has 2 fully saturated rings. The van der Waals surface area contributed by atoms with Crippen molar-refractivity contribution in [1.82, 2.24) is 14.5 Å². The molecule has 2 aliphatic heterocycles. The molecular formula is C26H32N4O7S.